The summed E-state index contributed by atoms with van der Waals surface area (Å²) >= 11 is 9.31. The molecule has 0 bridgehead atoms. The van der Waals surface area contributed by atoms with Gasteiger partial charge in [-0.1, -0.05) is 48.0 Å². The Hall–Kier alpha value is -2.37. The Morgan fingerprint density at radius 3 is 2.64 bits per heavy atom. The number of para-hydroxylation sites is 1. The zero-order valence-corrected chi connectivity index (χ0v) is 17.0. The summed E-state index contributed by atoms with van der Waals surface area (Å²) in [6.45, 7) is 0. The quantitative estimate of drug-likeness (QED) is 0.440. The van der Waals surface area contributed by atoms with Gasteiger partial charge in [0.1, 0.15) is 11.6 Å². The minimum Gasteiger partial charge on any atom is -0.464 e. The summed E-state index contributed by atoms with van der Waals surface area (Å²) in [5.74, 6) is 0.532. The largest absolute Gasteiger partial charge is 0.464 e. The Labute approximate surface area is 175 Å². The van der Waals surface area contributed by atoms with E-state index in [1.807, 2.05) is 47.5 Å². The molecule has 0 saturated carbocycles. The van der Waals surface area contributed by atoms with E-state index in [9.17, 15) is 4.39 Å². The van der Waals surface area contributed by atoms with Crippen LogP contribution in [0.5, 0.6) is 5.75 Å². The van der Waals surface area contributed by atoms with Crippen LogP contribution in [0.3, 0.4) is 0 Å². The van der Waals surface area contributed by atoms with E-state index in [1.54, 1.807) is 12.1 Å². The lowest BCUT2D eigenvalue weighted by Gasteiger charge is -2.38. The molecule has 0 N–H and O–H groups in total. The third-order valence-corrected chi connectivity index (χ3v) is 5.97. The number of hydrazone groups is 1. The van der Waals surface area contributed by atoms with Crippen molar-refractivity contribution in [2.45, 2.75) is 18.7 Å². The number of fused-ring (bicyclic) bond motifs is 3. The average molecular weight is 458 g/mol. The number of halogens is 3. The highest BCUT2D eigenvalue weighted by Gasteiger charge is 2.40. The highest BCUT2D eigenvalue weighted by atomic mass is 79.9. The van der Waals surface area contributed by atoms with Gasteiger partial charge in [0.25, 0.3) is 0 Å². The number of hydrogen-bond acceptors (Lipinski definition) is 3. The molecule has 0 saturated heterocycles. The molecule has 2 aliphatic rings. The predicted molar refractivity (Wildman–Crippen MR) is 111 cm³/mol. The fraction of sp³-hybridized carbons (Fsp3) is 0.136. The topological polar surface area (TPSA) is 24.8 Å². The van der Waals surface area contributed by atoms with Crippen molar-refractivity contribution >= 4 is 33.2 Å². The third-order valence-electron chi connectivity index (χ3n) is 5.11. The highest BCUT2D eigenvalue weighted by Crippen LogP contribution is 2.47. The molecule has 2 aliphatic heterocycles. The second-order valence-electron chi connectivity index (χ2n) is 6.84. The van der Waals surface area contributed by atoms with Gasteiger partial charge < -0.3 is 4.74 Å². The normalized spacial score (nSPS) is 20.2. The molecule has 0 unspecified atom stereocenters. The van der Waals surface area contributed by atoms with Gasteiger partial charge in [-0.2, -0.15) is 5.10 Å². The van der Waals surface area contributed by atoms with Crippen molar-refractivity contribution < 1.29 is 9.13 Å². The summed E-state index contributed by atoms with van der Waals surface area (Å²) in [7, 11) is 0. The maximum atomic E-state index is 13.7. The lowest BCUT2D eigenvalue weighted by molar-refractivity contribution is -0.0191. The van der Waals surface area contributed by atoms with Crippen molar-refractivity contribution in [2.24, 2.45) is 5.10 Å². The zero-order valence-electron chi connectivity index (χ0n) is 14.6. The molecular formula is C22H15BrClFN2O. The average Bonchev–Trinajstić information content (AvgIpc) is 3.16. The lowest BCUT2D eigenvalue weighted by Crippen LogP contribution is -2.33. The van der Waals surface area contributed by atoms with Crippen molar-refractivity contribution in [3.8, 4) is 5.75 Å². The minimum absolute atomic E-state index is 0.0597. The van der Waals surface area contributed by atoms with Gasteiger partial charge in [-0.05, 0) is 51.8 Å². The molecule has 0 fully saturated rings. The first kappa shape index (κ1) is 17.7. The first-order valence-corrected chi connectivity index (χ1v) is 10.1. The first-order chi connectivity index (χ1) is 13.6. The Kier molecular flexibility index (Phi) is 4.37. The van der Waals surface area contributed by atoms with Crippen LogP contribution in [0.2, 0.25) is 5.02 Å². The van der Waals surface area contributed by atoms with E-state index >= 15 is 0 Å². The number of rotatable bonds is 2. The van der Waals surface area contributed by atoms with Crippen LogP contribution in [-0.2, 0) is 0 Å². The summed E-state index contributed by atoms with van der Waals surface area (Å²) in [5, 5.41) is 7.57. The van der Waals surface area contributed by atoms with Crippen molar-refractivity contribution in [1.29, 1.82) is 0 Å². The lowest BCUT2D eigenvalue weighted by atomic mass is 9.96. The van der Waals surface area contributed by atoms with Crippen LogP contribution in [-0.4, -0.2) is 10.7 Å². The molecule has 0 radical (unpaired) electrons. The van der Waals surface area contributed by atoms with Gasteiger partial charge in [0, 0.05) is 22.6 Å². The van der Waals surface area contributed by atoms with Crippen LogP contribution in [0, 0.1) is 5.82 Å². The monoisotopic (exact) mass is 456 g/mol. The van der Waals surface area contributed by atoms with Crippen molar-refractivity contribution in [3.63, 3.8) is 0 Å². The second-order valence-corrected chi connectivity index (χ2v) is 8.13. The van der Waals surface area contributed by atoms with E-state index in [1.165, 1.54) is 6.07 Å². The van der Waals surface area contributed by atoms with E-state index < -0.39 is 6.23 Å². The van der Waals surface area contributed by atoms with Crippen LogP contribution in [0.15, 0.2) is 76.3 Å². The summed E-state index contributed by atoms with van der Waals surface area (Å²) < 4.78 is 20.4. The molecule has 0 aromatic heterocycles. The molecule has 3 aromatic rings. The van der Waals surface area contributed by atoms with Gasteiger partial charge in [0.05, 0.1) is 16.2 Å². The predicted octanol–water partition coefficient (Wildman–Crippen LogP) is 6.48. The van der Waals surface area contributed by atoms with Crippen molar-refractivity contribution in [1.82, 2.24) is 5.01 Å². The second kappa shape index (κ2) is 6.90. The number of hydrogen-bond donors (Lipinski definition) is 0. The molecule has 2 heterocycles. The van der Waals surface area contributed by atoms with Crippen molar-refractivity contribution in [2.75, 3.05) is 0 Å². The van der Waals surface area contributed by atoms with E-state index in [-0.39, 0.29) is 11.9 Å². The zero-order chi connectivity index (χ0) is 19.3. The fourth-order valence-corrected chi connectivity index (χ4v) is 4.26. The molecular weight excluding hydrogens is 443 g/mol. The van der Waals surface area contributed by atoms with Crippen molar-refractivity contribution in [3.05, 3.63) is 98.7 Å². The van der Waals surface area contributed by atoms with Gasteiger partial charge in [-0.25, -0.2) is 9.40 Å². The third kappa shape index (κ3) is 2.99. The molecule has 3 nitrogen and oxygen atoms in total. The van der Waals surface area contributed by atoms with E-state index in [2.05, 4.69) is 22.0 Å². The summed E-state index contributed by atoms with van der Waals surface area (Å²) in [4.78, 5) is 0. The highest BCUT2D eigenvalue weighted by molar-refractivity contribution is 9.10. The Bertz CT molecular complexity index is 1090. The molecule has 6 heteroatoms. The number of nitrogens with zero attached hydrogens (tertiary/aromatic N) is 2. The number of benzene rings is 3. The molecule has 5 rings (SSSR count). The molecule has 0 spiro atoms. The molecule has 3 aromatic carbocycles. The summed E-state index contributed by atoms with van der Waals surface area (Å²) in [5.41, 5.74) is 3.96. The number of ether oxygens (including phenoxy) is 1. The molecule has 0 aliphatic carbocycles. The van der Waals surface area contributed by atoms with Crippen LogP contribution in [0.4, 0.5) is 4.39 Å². The smallest absolute Gasteiger partial charge is 0.213 e. The van der Waals surface area contributed by atoms with Gasteiger partial charge >= 0.3 is 0 Å². The standard InChI is InChI=1S/C22H15BrClFN2O/c23-17-11-14(7-10-18(17)25)22-27-20(16-3-1-2-4-21(16)28-22)12-19(26-27)13-5-8-15(24)9-6-13/h1-11,20,22H,12H2/t20-,22+/m0/s1. The summed E-state index contributed by atoms with van der Waals surface area (Å²) in [6, 6.07) is 20.7. The Balaban J connectivity index is 1.59. The van der Waals surface area contributed by atoms with Crippen LogP contribution < -0.4 is 4.74 Å². The van der Waals surface area contributed by atoms with E-state index in [0.29, 0.717) is 9.50 Å². The van der Waals surface area contributed by atoms with Gasteiger partial charge in [0.2, 0.25) is 6.23 Å². The van der Waals surface area contributed by atoms with Crippen LogP contribution >= 0.6 is 27.5 Å². The maximum absolute atomic E-state index is 13.7. The maximum Gasteiger partial charge on any atom is 0.213 e. The van der Waals surface area contributed by atoms with Gasteiger partial charge in [-0.15, -0.1) is 0 Å². The molecule has 0 amide bonds. The molecule has 140 valence electrons. The Morgan fingerprint density at radius 1 is 1.07 bits per heavy atom. The van der Waals surface area contributed by atoms with Gasteiger partial charge in [-0.3, -0.25) is 0 Å². The van der Waals surface area contributed by atoms with Gasteiger partial charge in [0.15, 0.2) is 0 Å². The van der Waals surface area contributed by atoms with Crippen LogP contribution in [0.25, 0.3) is 0 Å². The van der Waals surface area contributed by atoms with Crippen LogP contribution in [0.1, 0.15) is 35.4 Å². The van der Waals surface area contributed by atoms with E-state index in [0.717, 1.165) is 34.6 Å². The first-order valence-electron chi connectivity index (χ1n) is 8.92. The molecule has 2 atom stereocenters. The van der Waals surface area contributed by atoms with E-state index in [4.69, 9.17) is 21.4 Å². The fourth-order valence-electron chi connectivity index (χ4n) is 3.74. The minimum atomic E-state index is -0.429. The SMILES string of the molecule is Fc1ccc([C@H]2Oc3ccccc3[C@@H]3CC(c4ccc(Cl)cc4)=NN23)cc1Br. The molecule has 28 heavy (non-hydrogen) atoms. The summed E-state index contributed by atoms with van der Waals surface area (Å²) in [6.07, 6.45) is 0.336. The Morgan fingerprint density at radius 2 is 1.86 bits per heavy atom.